The molecule has 4 amide bonds. The highest BCUT2D eigenvalue weighted by Crippen LogP contribution is 2.34. The van der Waals surface area contributed by atoms with E-state index < -0.39 is 23.5 Å². The first-order chi connectivity index (χ1) is 11.9. The normalized spacial score (nSPS) is 22.8. The minimum atomic E-state index is -1.12. The number of amides is 4. The van der Waals surface area contributed by atoms with Crippen molar-refractivity contribution in [3.63, 3.8) is 0 Å². The summed E-state index contributed by atoms with van der Waals surface area (Å²) in [4.78, 5) is 38.1. The van der Waals surface area contributed by atoms with Crippen LogP contribution in [0.15, 0.2) is 18.2 Å². The summed E-state index contributed by atoms with van der Waals surface area (Å²) in [6.07, 6.45) is 0.285. The van der Waals surface area contributed by atoms with E-state index in [2.05, 4.69) is 10.6 Å². The maximum Gasteiger partial charge on any atom is 0.325 e. The fourth-order valence-electron chi connectivity index (χ4n) is 3.08. The van der Waals surface area contributed by atoms with Gasteiger partial charge in [-0.1, -0.05) is 6.07 Å². The van der Waals surface area contributed by atoms with Gasteiger partial charge in [-0.05, 0) is 38.5 Å². The number of fused-ring (bicyclic) bond motifs is 1. The van der Waals surface area contributed by atoms with E-state index in [1.807, 2.05) is 6.07 Å². The second kappa shape index (κ2) is 6.27. The zero-order chi connectivity index (χ0) is 18.2. The smallest absolute Gasteiger partial charge is 0.325 e. The van der Waals surface area contributed by atoms with Crippen LogP contribution in [0.5, 0.6) is 11.5 Å². The standard InChI is InChI=1S/C17H21N3O5/c1-4-18-14(21)10(2)20-15(22)17(3,19-16(20)23)8-11-5-6-12-13(7-11)25-9-24-12/h5-7,10H,4,8-9H2,1-3H3,(H,18,21)(H,19,23)/t10-,17+/m0/s1. The van der Waals surface area contributed by atoms with Crippen LogP contribution >= 0.6 is 0 Å². The average molecular weight is 347 g/mol. The quantitative estimate of drug-likeness (QED) is 0.768. The summed E-state index contributed by atoms with van der Waals surface area (Å²) >= 11 is 0. The second-order valence-electron chi connectivity index (χ2n) is 6.37. The molecule has 1 aromatic rings. The van der Waals surface area contributed by atoms with Gasteiger partial charge >= 0.3 is 6.03 Å². The molecule has 2 aliphatic rings. The maximum atomic E-state index is 12.8. The van der Waals surface area contributed by atoms with Crippen LogP contribution in [-0.4, -0.2) is 47.7 Å². The summed E-state index contributed by atoms with van der Waals surface area (Å²) in [6, 6.07) is 3.96. The van der Waals surface area contributed by atoms with Crippen LogP contribution in [0, 0.1) is 0 Å². The van der Waals surface area contributed by atoms with Crippen molar-refractivity contribution in [1.29, 1.82) is 0 Å². The van der Waals surface area contributed by atoms with Gasteiger partial charge in [0.2, 0.25) is 12.7 Å². The Morgan fingerprint density at radius 2 is 2.08 bits per heavy atom. The van der Waals surface area contributed by atoms with Crippen LogP contribution in [0.25, 0.3) is 0 Å². The number of imide groups is 1. The number of ether oxygens (including phenoxy) is 2. The molecule has 8 heteroatoms. The predicted octanol–water partition coefficient (Wildman–Crippen LogP) is 0.793. The molecule has 0 aromatic heterocycles. The number of nitrogens with zero attached hydrogens (tertiary/aromatic N) is 1. The molecule has 2 heterocycles. The third kappa shape index (κ3) is 2.99. The van der Waals surface area contributed by atoms with Gasteiger partial charge in [-0.25, -0.2) is 9.69 Å². The summed E-state index contributed by atoms with van der Waals surface area (Å²) in [5.41, 5.74) is -0.293. The summed E-state index contributed by atoms with van der Waals surface area (Å²) in [7, 11) is 0. The van der Waals surface area contributed by atoms with Crippen LogP contribution in [-0.2, 0) is 16.0 Å². The van der Waals surface area contributed by atoms with Gasteiger partial charge < -0.3 is 20.1 Å². The van der Waals surface area contributed by atoms with Gasteiger partial charge in [0.05, 0.1) is 0 Å². The molecular formula is C17H21N3O5. The lowest BCUT2D eigenvalue weighted by molar-refractivity contribution is -0.137. The largest absolute Gasteiger partial charge is 0.454 e. The second-order valence-corrected chi connectivity index (χ2v) is 6.37. The van der Waals surface area contributed by atoms with E-state index in [1.54, 1.807) is 26.0 Å². The van der Waals surface area contributed by atoms with E-state index in [4.69, 9.17) is 9.47 Å². The molecule has 2 aliphatic heterocycles. The molecule has 25 heavy (non-hydrogen) atoms. The van der Waals surface area contributed by atoms with Crippen molar-refractivity contribution in [3.8, 4) is 11.5 Å². The highest BCUT2D eigenvalue weighted by Gasteiger charge is 2.50. The number of rotatable bonds is 5. The number of carbonyl (C=O) groups is 3. The molecule has 0 radical (unpaired) electrons. The number of urea groups is 1. The Kier molecular flexibility index (Phi) is 4.28. The van der Waals surface area contributed by atoms with Crippen LogP contribution in [0.2, 0.25) is 0 Å². The van der Waals surface area contributed by atoms with E-state index >= 15 is 0 Å². The topological polar surface area (TPSA) is 97.0 Å². The number of carbonyl (C=O) groups excluding carboxylic acids is 3. The molecule has 1 fully saturated rings. The molecule has 2 atom stereocenters. The summed E-state index contributed by atoms with van der Waals surface area (Å²) < 4.78 is 10.6. The average Bonchev–Trinajstić information content (AvgIpc) is 3.10. The van der Waals surface area contributed by atoms with Crippen molar-refractivity contribution in [3.05, 3.63) is 23.8 Å². The van der Waals surface area contributed by atoms with Gasteiger partial charge in [0.25, 0.3) is 5.91 Å². The van der Waals surface area contributed by atoms with Crippen molar-refractivity contribution < 1.29 is 23.9 Å². The Balaban J connectivity index is 1.79. The van der Waals surface area contributed by atoms with Gasteiger partial charge in [0.15, 0.2) is 11.5 Å². The van der Waals surface area contributed by atoms with Crippen LogP contribution in [0.4, 0.5) is 4.79 Å². The number of hydrogen-bond acceptors (Lipinski definition) is 5. The Bertz CT molecular complexity index is 735. The minimum absolute atomic E-state index is 0.170. The highest BCUT2D eigenvalue weighted by molar-refractivity contribution is 6.09. The van der Waals surface area contributed by atoms with Gasteiger partial charge in [0.1, 0.15) is 11.6 Å². The molecule has 3 rings (SSSR count). The third-order valence-electron chi connectivity index (χ3n) is 4.40. The predicted molar refractivity (Wildman–Crippen MR) is 88.2 cm³/mol. The van der Waals surface area contributed by atoms with E-state index in [-0.39, 0.29) is 19.1 Å². The van der Waals surface area contributed by atoms with E-state index in [0.29, 0.717) is 18.0 Å². The van der Waals surface area contributed by atoms with Crippen LogP contribution in [0.1, 0.15) is 26.3 Å². The first-order valence-corrected chi connectivity index (χ1v) is 8.18. The third-order valence-corrected chi connectivity index (χ3v) is 4.40. The van der Waals surface area contributed by atoms with Crippen molar-refractivity contribution in [2.45, 2.75) is 38.8 Å². The number of hydrogen-bond donors (Lipinski definition) is 2. The van der Waals surface area contributed by atoms with Gasteiger partial charge in [0, 0.05) is 13.0 Å². The van der Waals surface area contributed by atoms with E-state index in [9.17, 15) is 14.4 Å². The molecule has 1 saturated heterocycles. The Labute approximate surface area is 145 Å². The molecule has 134 valence electrons. The number of benzene rings is 1. The molecule has 0 spiro atoms. The molecule has 0 unspecified atom stereocenters. The molecule has 0 bridgehead atoms. The van der Waals surface area contributed by atoms with Crippen molar-refractivity contribution >= 4 is 17.8 Å². The van der Waals surface area contributed by atoms with Gasteiger partial charge in [-0.3, -0.25) is 9.59 Å². The lowest BCUT2D eigenvalue weighted by Gasteiger charge is -2.24. The zero-order valence-corrected chi connectivity index (χ0v) is 14.4. The summed E-state index contributed by atoms with van der Waals surface area (Å²) in [6.45, 7) is 5.57. The van der Waals surface area contributed by atoms with Crippen LogP contribution in [0.3, 0.4) is 0 Å². The first kappa shape index (κ1) is 17.1. The lowest BCUT2D eigenvalue weighted by Crippen LogP contribution is -2.50. The summed E-state index contributed by atoms with van der Waals surface area (Å²) in [5.74, 6) is 0.486. The number of likely N-dealkylation sites (N-methyl/N-ethyl adjacent to an activating group) is 1. The highest BCUT2D eigenvalue weighted by atomic mass is 16.7. The van der Waals surface area contributed by atoms with E-state index in [1.165, 1.54) is 6.92 Å². The van der Waals surface area contributed by atoms with Gasteiger partial charge in [-0.2, -0.15) is 0 Å². The number of nitrogens with one attached hydrogen (secondary N) is 2. The van der Waals surface area contributed by atoms with Crippen molar-refractivity contribution in [1.82, 2.24) is 15.5 Å². The molecular weight excluding hydrogens is 326 g/mol. The first-order valence-electron chi connectivity index (χ1n) is 8.18. The van der Waals surface area contributed by atoms with Crippen molar-refractivity contribution in [2.24, 2.45) is 0 Å². The zero-order valence-electron chi connectivity index (χ0n) is 14.4. The summed E-state index contributed by atoms with van der Waals surface area (Å²) in [5, 5.41) is 5.33. The Morgan fingerprint density at radius 1 is 1.36 bits per heavy atom. The van der Waals surface area contributed by atoms with Crippen molar-refractivity contribution in [2.75, 3.05) is 13.3 Å². The van der Waals surface area contributed by atoms with Crippen LogP contribution < -0.4 is 20.1 Å². The monoisotopic (exact) mass is 347 g/mol. The molecule has 2 N–H and O–H groups in total. The SMILES string of the molecule is CCNC(=O)[C@H](C)N1C(=O)N[C@](C)(Cc2ccc3c(c2)OCO3)C1=O. The minimum Gasteiger partial charge on any atom is -0.454 e. The molecule has 8 nitrogen and oxygen atoms in total. The fraction of sp³-hybridized carbons (Fsp3) is 0.471. The van der Waals surface area contributed by atoms with Gasteiger partial charge in [-0.15, -0.1) is 0 Å². The Morgan fingerprint density at radius 3 is 2.80 bits per heavy atom. The van der Waals surface area contributed by atoms with E-state index in [0.717, 1.165) is 10.5 Å². The Hall–Kier alpha value is -2.77. The molecule has 0 aliphatic carbocycles. The fourth-order valence-corrected chi connectivity index (χ4v) is 3.08. The molecule has 1 aromatic carbocycles. The lowest BCUT2D eigenvalue weighted by atomic mass is 9.92. The molecule has 0 saturated carbocycles. The maximum absolute atomic E-state index is 12.8.